The van der Waals surface area contributed by atoms with Gasteiger partial charge in [0.1, 0.15) is 19.6 Å². The van der Waals surface area contributed by atoms with Crippen LogP contribution in [0.2, 0.25) is 15.1 Å². The Kier molecular flexibility index (Phi) is 21.1. The molecule has 80 heavy (non-hydrogen) atoms. The number of nitrogens with two attached hydrogens (primary N) is 1. The Morgan fingerprint density at radius 3 is 1.24 bits per heavy atom. The second kappa shape index (κ2) is 27.9. The number of nitrogen functional groups attached to an aromatic ring is 1. The summed E-state index contributed by atoms with van der Waals surface area (Å²) in [6, 6.07) is 38.8. The summed E-state index contributed by atoms with van der Waals surface area (Å²) >= 11 is 22.5. The molecule has 21 heteroatoms. The van der Waals surface area contributed by atoms with Gasteiger partial charge in [-0.3, -0.25) is 29.3 Å². The van der Waals surface area contributed by atoms with E-state index < -0.39 is 4.92 Å². The molecule has 0 fully saturated rings. The van der Waals surface area contributed by atoms with Gasteiger partial charge in [0.25, 0.3) is 5.69 Å². The first-order valence-electron chi connectivity index (χ1n) is 25.1. The Hall–Kier alpha value is -7.06. The first-order chi connectivity index (χ1) is 38.3. The number of nitrogens with zero attached hydrogens (tertiary/aromatic N) is 4. The number of hydrogen-bond donors (Lipinski definition) is 2. The predicted molar refractivity (Wildman–Crippen MR) is 322 cm³/mol. The number of anilines is 2. The molecule has 15 nitrogen and oxygen atoms in total. The lowest BCUT2D eigenvalue weighted by Crippen LogP contribution is -2.14. The van der Waals surface area contributed by atoms with Gasteiger partial charge in [-0.25, -0.2) is 0 Å². The van der Waals surface area contributed by atoms with E-state index in [0.29, 0.717) is 50.6 Å². The maximum atomic E-state index is 12.1. The summed E-state index contributed by atoms with van der Waals surface area (Å²) in [5.74, 6) is -1.08. The Balaban J connectivity index is 0.000000174. The Bertz CT molecular complexity index is 3730. The molecule has 0 spiro atoms. The van der Waals surface area contributed by atoms with Gasteiger partial charge < -0.3 is 39.0 Å². The summed E-state index contributed by atoms with van der Waals surface area (Å²) in [5, 5.41) is 18.9. The van der Waals surface area contributed by atoms with Crippen LogP contribution < -0.4 is 11.1 Å². The van der Waals surface area contributed by atoms with Crippen LogP contribution in [-0.2, 0) is 53.0 Å². The fourth-order valence-corrected chi connectivity index (χ4v) is 12.4. The van der Waals surface area contributed by atoms with Crippen molar-refractivity contribution >= 4 is 144 Å². The second-order valence-corrected chi connectivity index (χ2v) is 22.2. The molecule has 0 atom stereocenters. The minimum absolute atomic E-state index is 0.00147. The van der Waals surface area contributed by atoms with Gasteiger partial charge in [0.2, 0.25) is 5.91 Å². The van der Waals surface area contributed by atoms with Crippen LogP contribution in [0, 0.1) is 30.9 Å². The normalized spacial score (nSPS) is 10.9. The number of carbonyl (C=O) groups excluding carboxylic acids is 4. The summed E-state index contributed by atoms with van der Waals surface area (Å²) in [6.45, 7) is 13.9. The van der Waals surface area contributed by atoms with Gasteiger partial charge in [0.15, 0.2) is 0 Å². The largest absolute Gasteiger partial charge is 0.465 e. The molecule has 0 unspecified atom stereocenters. The second-order valence-electron chi connectivity index (χ2n) is 17.6. The summed E-state index contributed by atoms with van der Waals surface area (Å²) in [7, 11) is 0. The molecule has 1 amide bonds. The van der Waals surface area contributed by atoms with Crippen molar-refractivity contribution in [3.8, 4) is 0 Å². The molecule has 6 aromatic carbocycles. The number of carbonyl (C=O) groups is 4. The lowest BCUT2D eigenvalue weighted by Gasteiger charge is -2.08. The van der Waals surface area contributed by atoms with Crippen LogP contribution in [-0.4, -0.2) is 62.3 Å². The fraction of sp³-hybridized carbons (Fsp3) is 0.220. The molecule has 0 aliphatic rings. The summed E-state index contributed by atoms with van der Waals surface area (Å²) in [5.41, 5.74) is 12.8. The molecule has 9 rings (SSSR count). The van der Waals surface area contributed by atoms with Gasteiger partial charge in [-0.15, -0.1) is 0 Å². The van der Waals surface area contributed by atoms with Crippen molar-refractivity contribution in [1.29, 1.82) is 0 Å². The lowest BCUT2D eigenvalue weighted by atomic mass is 10.2. The van der Waals surface area contributed by atoms with Crippen LogP contribution >= 0.6 is 70.1 Å². The van der Waals surface area contributed by atoms with E-state index in [1.165, 1.54) is 24.8 Å². The number of nitro groups is 1. The number of fused-ring (bicyclic) bond motifs is 3. The molecular formula is C59H57Cl3N6O9S3. The van der Waals surface area contributed by atoms with Crippen LogP contribution in [0.3, 0.4) is 0 Å². The molecule has 0 radical (unpaired) electrons. The Morgan fingerprint density at radius 2 is 0.863 bits per heavy atom. The minimum atomic E-state index is -0.400. The van der Waals surface area contributed by atoms with Gasteiger partial charge in [0, 0.05) is 91.0 Å². The van der Waals surface area contributed by atoms with E-state index in [2.05, 4.69) is 5.32 Å². The molecule has 416 valence electrons. The Morgan fingerprint density at radius 1 is 0.525 bits per heavy atom. The van der Waals surface area contributed by atoms with Crippen LogP contribution in [0.4, 0.5) is 17.1 Å². The monoisotopic (exact) mass is 1190 g/mol. The van der Waals surface area contributed by atoms with Crippen molar-refractivity contribution in [1.82, 2.24) is 13.7 Å². The minimum Gasteiger partial charge on any atom is -0.465 e. The van der Waals surface area contributed by atoms with Crippen LogP contribution in [0.15, 0.2) is 157 Å². The Labute approximate surface area is 490 Å². The average molecular weight is 1200 g/mol. The standard InChI is InChI=1S/C21H21ClN2O3S.C19H17ClN2O4S.C19H19ClN2O2S/c1-4-27-19(26)12-24-13(2)21(28-16-10-8-15(22)9-11-16)20-17(23-14(3)25)6-5-7-18(20)24;1-3-26-17(23)11-21-12(2)19(27-14-9-7-13(20)8-10-14)18-15(21)5-4-6-16(18)22(24)25;1-3-24-17(23)11-22-12(2)19(18-15(21)5-4-6-16(18)22)25-14-9-7-13(20)8-10-14/h5-11H,4,12H2,1-3H3,(H,23,25);4-10H,3,11H2,1-2H3;4-10H,3,11,21H2,1-2H3. The lowest BCUT2D eigenvalue weighted by molar-refractivity contribution is -0.383. The highest BCUT2D eigenvalue weighted by Gasteiger charge is 2.26. The van der Waals surface area contributed by atoms with E-state index in [1.54, 1.807) is 73.1 Å². The molecule has 0 saturated heterocycles. The first-order valence-corrected chi connectivity index (χ1v) is 28.7. The summed E-state index contributed by atoms with van der Waals surface area (Å²) in [4.78, 5) is 64.8. The number of halogens is 3. The zero-order chi connectivity index (χ0) is 57.8. The smallest absolute Gasteiger partial charge is 0.325 e. The molecule has 3 heterocycles. The summed E-state index contributed by atoms with van der Waals surface area (Å²) < 4.78 is 20.9. The van der Waals surface area contributed by atoms with E-state index in [4.69, 9.17) is 54.7 Å². The number of ether oxygens (including phenoxy) is 3. The number of nitrogens with one attached hydrogen (secondary N) is 1. The van der Waals surface area contributed by atoms with Gasteiger partial charge in [0.05, 0.1) is 52.4 Å². The van der Waals surface area contributed by atoms with Crippen molar-refractivity contribution in [3.05, 3.63) is 170 Å². The third-order valence-corrected chi connectivity index (χ3v) is 16.7. The van der Waals surface area contributed by atoms with Crippen LogP contribution in [0.25, 0.3) is 32.7 Å². The molecule has 9 aromatic rings. The average Bonchev–Trinajstić information content (AvgIpc) is 4.14. The van der Waals surface area contributed by atoms with Crippen molar-refractivity contribution < 1.29 is 38.3 Å². The number of esters is 3. The van der Waals surface area contributed by atoms with Crippen molar-refractivity contribution in [3.63, 3.8) is 0 Å². The first kappa shape index (κ1) is 60.6. The molecule has 3 aromatic heterocycles. The van der Waals surface area contributed by atoms with Crippen molar-refractivity contribution in [2.45, 2.75) is 97.5 Å². The highest BCUT2D eigenvalue weighted by Crippen LogP contribution is 2.45. The predicted octanol–water partition coefficient (Wildman–Crippen LogP) is 15.4. The number of hydrogen-bond acceptors (Lipinski definition) is 13. The zero-order valence-corrected chi connectivity index (χ0v) is 49.5. The van der Waals surface area contributed by atoms with Gasteiger partial charge >= 0.3 is 17.9 Å². The van der Waals surface area contributed by atoms with Gasteiger partial charge in [-0.05, 0) is 145 Å². The molecule has 0 saturated carbocycles. The van der Waals surface area contributed by atoms with E-state index in [-0.39, 0.29) is 55.7 Å². The highest BCUT2D eigenvalue weighted by molar-refractivity contribution is 8.00. The maximum absolute atomic E-state index is 12.1. The number of nitro benzene ring substituents is 1. The van der Waals surface area contributed by atoms with Gasteiger partial charge in [-0.2, -0.15) is 0 Å². The van der Waals surface area contributed by atoms with Crippen molar-refractivity contribution in [2.75, 3.05) is 30.9 Å². The summed E-state index contributed by atoms with van der Waals surface area (Å²) in [6.07, 6.45) is 0. The third kappa shape index (κ3) is 14.6. The quantitative estimate of drug-likeness (QED) is 0.0288. The number of benzene rings is 6. The SMILES string of the molecule is CCOC(=O)Cn1c(C)c(Sc2ccc(Cl)cc2)c2c(N)cccc21.CCOC(=O)Cn1c(C)c(Sc2ccc(Cl)cc2)c2c(NC(C)=O)cccc21.CCOC(=O)Cn1c(C)c(Sc2ccc(Cl)cc2)c2c([N+](=O)[O-])cccc21. The molecule has 0 bridgehead atoms. The highest BCUT2D eigenvalue weighted by atomic mass is 35.5. The number of non-ortho nitro benzene ring substituents is 1. The molecular weight excluding hydrogens is 1140 g/mol. The van der Waals surface area contributed by atoms with E-state index in [9.17, 15) is 29.3 Å². The van der Waals surface area contributed by atoms with E-state index in [1.807, 2.05) is 127 Å². The van der Waals surface area contributed by atoms with Crippen LogP contribution in [0.1, 0.15) is 44.8 Å². The van der Waals surface area contributed by atoms with Crippen molar-refractivity contribution in [2.24, 2.45) is 0 Å². The van der Waals surface area contributed by atoms with E-state index >= 15 is 0 Å². The van der Waals surface area contributed by atoms with Gasteiger partial charge in [-0.1, -0.05) is 88.3 Å². The van der Waals surface area contributed by atoms with Crippen LogP contribution in [0.5, 0.6) is 0 Å². The molecule has 0 aliphatic carbocycles. The van der Waals surface area contributed by atoms with E-state index in [0.717, 1.165) is 68.3 Å². The molecule has 0 aliphatic heterocycles. The third-order valence-electron chi connectivity index (χ3n) is 12.3. The molecule has 3 N–H and O–H groups in total. The maximum Gasteiger partial charge on any atom is 0.325 e. The zero-order valence-electron chi connectivity index (χ0n) is 44.8. The number of amides is 1. The number of aromatic nitrogens is 3. The number of rotatable bonds is 17. The fourth-order valence-electron chi connectivity index (χ4n) is 8.77. The topological polar surface area (TPSA) is 192 Å².